The summed E-state index contributed by atoms with van der Waals surface area (Å²) in [4.78, 5) is 0.258. The molecule has 1 unspecified atom stereocenters. The molecule has 0 radical (unpaired) electrons. The van der Waals surface area contributed by atoms with Crippen LogP contribution in [0.5, 0.6) is 0 Å². The molecule has 0 amide bonds. The van der Waals surface area contributed by atoms with Gasteiger partial charge in [-0.3, -0.25) is 0 Å². The number of hydrogen-bond donors (Lipinski definition) is 2. The van der Waals surface area contributed by atoms with E-state index in [1.807, 2.05) is 6.92 Å². The van der Waals surface area contributed by atoms with Crippen molar-refractivity contribution in [1.82, 2.24) is 10.0 Å². The average molecular weight is 333 g/mol. The average Bonchev–Trinajstić information content (AvgIpc) is 2.38. The van der Waals surface area contributed by atoms with Crippen LogP contribution in [0, 0.1) is 5.92 Å². The van der Waals surface area contributed by atoms with Gasteiger partial charge in [0, 0.05) is 17.6 Å². The van der Waals surface area contributed by atoms with E-state index in [9.17, 15) is 8.42 Å². The fourth-order valence-corrected chi connectivity index (χ4v) is 3.53. The predicted molar refractivity (Wildman–Crippen MR) is 88.1 cm³/mol. The first-order valence-electron chi connectivity index (χ1n) is 7.21. The molecule has 120 valence electrons. The molecule has 0 heterocycles. The van der Waals surface area contributed by atoms with Gasteiger partial charge in [-0.2, -0.15) is 0 Å². The van der Waals surface area contributed by atoms with Crippen LogP contribution in [0.1, 0.15) is 39.2 Å². The van der Waals surface area contributed by atoms with Crippen LogP contribution in [0.2, 0.25) is 5.02 Å². The molecule has 0 aliphatic carbocycles. The molecule has 1 rings (SSSR count). The van der Waals surface area contributed by atoms with Crippen molar-refractivity contribution in [1.29, 1.82) is 0 Å². The molecule has 1 atom stereocenters. The normalized spacial score (nSPS) is 13.6. The van der Waals surface area contributed by atoms with Crippen LogP contribution >= 0.6 is 11.6 Å². The first-order valence-corrected chi connectivity index (χ1v) is 9.07. The summed E-state index contributed by atoms with van der Waals surface area (Å²) in [5, 5.41) is 3.54. The Morgan fingerprint density at radius 2 is 1.86 bits per heavy atom. The van der Waals surface area contributed by atoms with Crippen LogP contribution < -0.4 is 10.0 Å². The van der Waals surface area contributed by atoms with Gasteiger partial charge in [-0.25, -0.2) is 13.1 Å². The number of halogens is 1. The van der Waals surface area contributed by atoms with Gasteiger partial charge in [0.15, 0.2) is 0 Å². The summed E-state index contributed by atoms with van der Waals surface area (Å²) in [6, 6.07) is 4.71. The number of sulfonamides is 1. The number of nitrogens with one attached hydrogen (secondary N) is 2. The van der Waals surface area contributed by atoms with E-state index < -0.39 is 10.0 Å². The second-order valence-corrected chi connectivity index (χ2v) is 7.90. The largest absolute Gasteiger partial charge is 0.316 e. The maximum Gasteiger partial charge on any atom is 0.240 e. The smallest absolute Gasteiger partial charge is 0.240 e. The minimum Gasteiger partial charge on any atom is -0.316 e. The third kappa shape index (κ3) is 5.94. The van der Waals surface area contributed by atoms with Gasteiger partial charge in [-0.05, 0) is 56.5 Å². The van der Waals surface area contributed by atoms with E-state index in [-0.39, 0.29) is 10.9 Å². The summed E-state index contributed by atoms with van der Waals surface area (Å²) in [5.41, 5.74) is 0.775. The number of benzene rings is 1. The Balaban J connectivity index is 2.85. The Hall–Kier alpha value is -0.620. The second kappa shape index (κ2) is 8.13. The van der Waals surface area contributed by atoms with E-state index in [1.165, 1.54) is 0 Å². The summed E-state index contributed by atoms with van der Waals surface area (Å²) >= 11 is 6.06. The molecular formula is C15H25ClN2O2S. The number of rotatable bonds is 8. The summed E-state index contributed by atoms with van der Waals surface area (Å²) in [5.74, 6) is 0.565. The molecule has 2 N–H and O–H groups in total. The van der Waals surface area contributed by atoms with Crippen LogP contribution in [0.15, 0.2) is 23.1 Å². The molecule has 0 spiro atoms. The van der Waals surface area contributed by atoms with Gasteiger partial charge in [-0.1, -0.05) is 25.4 Å². The van der Waals surface area contributed by atoms with E-state index in [4.69, 9.17) is 11.6 Å². The van der Waals surface area contributed by atoms with Crippen LogP contribution in [0.25, 0.3) is 0 Å². The molecule has 6 heteroatoms. The molecule has 0 saturated carbocycles. The van der Waals surface area contributed by atoms with Crippen LogP contribution in [-0.4, -0.2) is 21.5 Å². The van der Waals surface area contributed by atoms with Crippen molar-refractivity contribution in [2.24, 2.45) is 5.92 Å². The molecule has 21 heavy (non-hydrogen) atoms. The summed E-state index contributed by atoms with van der Waals surface area (Å²) in [7, 11) is -1.71. The molecule has 1 aromatic rings. The molecule has 0 bridgehead atoms. The molecule has 0 aromatic heterocycles. The SMILES string of the molecule is CNCc1cc(S(=O)(=O)NC(C)CCC(C)C)ccc1Cl. The lowest BCUT2D eigenvalue weighted by Gasteiger charge is -2.16. The second-order valence-electron chi connectivity index (χ2n) is 5.78. The van der Waals surface area contributed by atoms with Gasteiger partial charge in [-0.15, -0.1) is 0 Å². The standard InChI is InChI=1S/C15H25ClN2O2S/c1-11(2)5-6-12(3)18-21(19,20)14-7-8-15(16)13(9-14)10-17-4/h7-9,11-12,17-18H,5-6,10H2,1-4H3. The summed E-state index contributed by atoms with van der Waals surface area (Å²) < 4.78 is 27.5. The van der Waals surface area contributed by atoms with Crippen LogP contribution in [0.4, 0.5) is 0 Å². The zero-order valence-electron chi connectivity index (χ0n) is 13.1. The lowest BCUT2D eigenvalue weighted by atomic mass is 10.1. The Morgan fingerprint density at radius 3 is 2.43 bits per heavy atom. The molecule has 1 aromatic carbocycles. The lowest BCUT2D eigenvalue weighted by molar-refractivity contribution is 0.485. The van der Waals surface area contributed by atoms with Gasteiger partial charge in [0.25, 0.3) is 0 Å². The lowest BCUT2D eigenvalue weighted by Crippen LogP contribution is -2.32. The van der Waals surface area contributed by atoms with E-state index >= 15 is 0 Å². The Labute approximate surface area is 133 Å². The minimum absolute atomic E-state index is 0.0826. The maximum absolute atomic E-state index is 12.4. The van der Waals surface area contributed by atoms with Crippen LogP contribution in [0.3, 0.4) is 0 Å². The molecular weight excluding hydrogens is 308 g/mol. The minimum atomic E-state index is -3.50. The summed E-state index contributed by atoms with van der Waals surface area (Å²) in [6.07, 6.45) is 1.82. The molecule has 0 fully saturated rings. The van der Waals surface area contributed by atoms with Crippen LogP contribution in [-0.2, 0) is 16.6 Å². The van der Waals surface area contributed by atoms with E-state index in [2.05, 4.69) is 23.9 Å². The highest BCUT2D eigenvalue weighted by atomic mass is 35.5. The van der Waals surface area contributed by atoms with Crippen molar-refractivity contribution >= 4 is 21.6 Å². The molecule has 4 nitrogen and oxygen atoms in total. The zero-order chi connectivity index (χ0) is 16.0. The van der Waals surface area contributed by atoms with Crippen molar-refractivity contribution < 1.29 is 8.42 Å². The highest BCUT2D eigenvalue weighted by molar-refractivity contribution is 7.89. The fraction of sp³-hybridized carbons (Fsp3) is 0.600. The highest BCUT2D eigenvalue weighted by Gasteiger charge is 2.18. The van der Waals surface area contributed by atoms with E-state index in [1.54, 1.807) is 25.2 Å². The Morgan fingerprint density at radius 1 is 1.19 bits per heavy atom. The maximum atomic E-state index is 12.4. The Bertz CT molecular complexity index is 559. The van der Waals surface area contributed by atoms with Crippen molar-refractivity contribution in [3.05, 3.63) is 28.8 Å². The third-order valence-electron chi connectivity index (χ3n) is 3.23. The first-order chi connectivity index (χ1) is 9.76. The predicted octanol–water partition coefficient (Wildman–Crippen LogP) is 3.16. The monoisotopic (exact) mass is 332 g/mol. The molecule has 0 aliphatic rings. The van der Waals surface area contributed by atoms with Crippen molar-refractivity contribution in [2.75, 3.05) is 7.05 Å². The fourth-order valence-electron chi connectivity index (χ4n) is 2.02. The van der Waals surface area contributed by atoms with E-state index in [0.717, 1.165) is 18.4 Å². The van der Waals surface area contributed by atoms with Gasteiger partial charge >= 0.3 is 0 Å². The van der Waals surface area contributed by atoms with Crippen molar-refractivity contribution in [3.8, 4) is 0 Å². The zero-order valence-corrected chi connectivity index (χ0v) is 14.7. The highest BCUT2D eigenvalue weighted by Crippen LogP contribution is 2.21. The van der Waals surface area contributed by atoms with Gasteiger partial charge in [0.05, 0.1) is 4.90 Å². The Kier molecular flexibility index (Phi) is 7.13. The van der Waals surface area contributed by atoms with E-state index in [0.29, 0.717) is 17.5 Å². The molecule has 0 saturated heterocycles. The van der Waals surface area contributed by atoms with Gasteiger partial charge in [0.2, 0.25) is 10.0 Å². The van der Waals surface area contributed by atoms with Crippen molar-refractivity contribution in [2.45, 2.75) is 51.1 Å². The summed E-state index contributed by atoms with van der Waals surface area (Å²) in [6.45, 7) is 6.68. The quantitative estimate of drug-likeness (QED) is 0.768. The van der Waals surface area contributed by atoms with Gasteiger partial charge < -0.3 is 5.32 Å². The van der Waals surface area contributed by atoms with Crippen molar-refractivity contribution in [3.63, 3.8) is 0 Å². The first kappa shape index (κ1) is 18.4. The topological polar surface area (TPSA) is 58.2 Å². The van der Waals surface area contributed by atoms with Gasteiger partial charge in [0.1, 0.15) is 0 Å². The third-order valence-corrected chi connectivity index (χ3v) is 5.18. The number of hydrogen-bond acceptors (Lipinski definition) is 3. The molecule has 0 aliphatic heterocycles.